The molecule has 1 unspecified atom stereocenters. The van der Waals surface area contributed by atoms with E-state index in [1.165, 1.54) is 30.7 Å². The van der Waals surface area contributed by atoms with Crippen LogP contribution < -0.4 is 10.9 Å². The zero-order chi connectivity index (χ0) is 40.1. The van der Waals surface area contributed by atoms with Gasteiger partial charge in [0.2, 0.25) is 5.95 Å². The molecule has 5 aromatic rings. The number of nitriles is 1. The number of aliphatic imine (C=N–C) groups is 1. The first-order chi connectivity index (χ1) is 27.6. The largest absolute Gasteiger partial charge is 0.394 e. The summed E-state index contributed by atoms with van der Waals surface area (Å²) < 4.78 is 40.2. The lowest BCUT2D eigenvalue weighted by molar-refractivity contribution is -0.0583. The number of anilines is 1. The first kappa shape index (κ1) is 40.1. The third-order valence-corrected chi connectivity index (χ3v) is 11.4. The molecule has 7 rings (SSSR count). The number of carbonyl (C=O) groups is 1. The molecule has 0 bridgehead atoms. The Bertz CT molecular complexity index is 2390. The lowest BCUT2D eigenvalue weighted by Gasteiger charge is -2.30. The van der Waals surface area contributed by atoms with Crippen molar-refractivity contribution >= 4 is 64.9 Å². The lowest BCUT2D eigenvalue weighted by Crippen LogP contribution is -2.37. The van der Waals surface area contributed by atoms with Gasteiger partial charge in [0.1, 0.15) is 30.9 Å². The smallest absolute Gasteiger partial charge is 0.327 e. The van der Waals surface area contributed by atoms with Crippen molar-refractivity contribution in [1.29, 1.82) is 5.26 Å². The van der Waals surface area contributed by atoms with Crippen LogP contribution in [0.4, 0.5) is 11.8 Å². The molecule has 0 aliphatic carbocycles. The fourth-order valence-electron chi connectivity index (χ4n) is 6.35. The molecule has 2 aliphatic rings. The molecular weight excluding hydrogens is 783 g/mol. The van der Waals surface area contributed by atoms with E-state index < -0.39 is 55.8 Å². The summed E-state index contributed by atoms with van der Waals surface area (Å²) in [6, 6.07) is 10.8. The number of amides is 1. The standard InChI is InChI=1S/C34H39N12O9PS/c1-44(2)17-40-34-42-30-25(32(49)43-34)39-19-46(30)33-27(50-3)26(22(14-47)54-33)55-56(57,51-13-7-12-35)52-15-21-10-11-23(53-21)45-18-38-24-28(36-16-37-29(24)45)41-31(48)20-8-5-4-6-9-20/h4-6,8-9,16-19,21-23,26-27,33,47H,7,10-11,13-15H2,1-3H3,(H,42,43,49)(H,36,37,41,48)/b40-17+/t21-,22+,23+,26+,27+,33+,56?/m0/s1. The molecule has 2 saturated heterocycles. The number of ether oxygens (including phenoxy) is 3. The van der Waals surface area contributed by atoms with E-state index in [0.717, 1.165) is 0 Å². The summed E-state index contributed by atoms with van der Waals surface area (Å²) >= 11 is 5.87. The van der Waals surface area contributed by atoms with Gasteiger partial charge in [-0.2, -0.15) is 10.2 Å². The van der Waals surface area contributed by atoms with Gasteiger partial charge in [0.15, 0.2) is 34.4 Å². The molecule has 0 radical (unpaired) electrons. The molecule has 6 heterocycles. The van der Waals surface area contributed by atoms with E-state index in [4.69, 9.17) is 39.6 Å². The third-order valence-electron chi connectivity index (χ3n) is 9.00. The molecule has 2 fully saturated rings. The molecule has 0 saturated carbocycles. The predicted octanol–water partition coefficient (Wildman–Crippen LogP) is 2.57. The monoisotopic (exact) mass is 822 g/mol. The zero-order valence-corrected chi connectivity index (χ0v) is 32.7. The Hall–Kier alpha value is -5.08. The van der Waals surface area contributed by atoms with E-state index >= 15 is 0 Å². The zero-order valence-electron chi connectivity index (χ0n) is 30.9. The minimum absolute atomic E-state index is 0.0112. The van der Waals surface area contributed by atoms with Crippen LogP contribution in [0.5, 0.6) is 0 Å². The summed E-state index contributed by atoms with van der Waals surface area (Å²) in [5.74, 6) is -0.0317. The van der Waals surface area contributed by atoms with Crippen molar-refractivity contribution < 1.29 is 37.7 Å². The fraction of sp³-hybridized carbons (Fsp3) is 0.441. The van der Waals surface area contributed by atoms with Crippen LogP contribution in [0, 0.1) is 11.3 Å². The van der Waals surface area contributed by atoms with Gasteiger partial charge in [-0.15, -0.1) is 0 Å². The van der Waals surface area contributed by atoms with Crippen molar-refractivity contribution in [3.8, 4) is 6.07 Å². The number of methoxy groups -OCH3 is 1. The summed E-state index contributed by atoms with van der Waals surface area (Å²) in [5.41, 5.74) is 1.02. The number of carbonyl (C=O) groups excluding carboxylic acids is 1. The van der Waals surface area contributed by atoms with Gasteiger partial charge in [0.25, 0.3) is 11.5 Å². The second-order valence-corrected chi connectivity index (χ2v) is 16.0. The van der Waals surface area contributed by atoms with Crippen LogP contribution in [-0.2, 0) is 39.6 Å². The van der Waals surface area contributed by atoms with Crippen LogP contribution >= 0.6 is 6.72 Å². The molecule has 21 nitrogen and oxygen atoms in total. The number of imidazole rings is 2. The van der Waals surface area contributed by atoms with Crippen molar-refractivity contribution in [2.24, 2.45) is 4.99 Å². The van der Waals surface area contributed by atoms with Crippen molar-refractivity contribution in [3.05, 3.63) is 65.2 Å². The molecule has 7 atom stereocenters. The molecule has 300 valence electrons. The number of aromatic amines is 1. The maximum Gasteiger partial charge on any atom is 0.327 e. The average molecular weight is 823 g/mol. The van der Waals surface area contributed by atoms with Crippen LogP contribution in [0.15, 0.2) is 59.1 Å². The van der Waals surface area contributed by atoms with Crippen LogP contribution in [0.1, 0.15) is 42.1 Å². The number of fused-ring (bicyclic) bond motifs is 2. The quantitative estimate of drug-likeness (QED) is 0.0560. The van der Waals surface area contributed by atoms with Gasteiger partial charge in [0.05, 0.1) is 57.4 Å². The van der Waals surface area contributed by atoms with Crippen LogP contribution in [0.25, 0.3) is 22.3 Å². The van der Waals surface area contributed by atoms with Gasteiger partial charge >= 0.3 is 6.72 Å². The first-order valence-corrected chi connectivity index (χ1v) is 20.3. The van der Waals surface area contributed by atoms with Crippen LogP contribution in [0.3, 0.4) is 0 Å². The summed E-state index contributed by atoms with van der Waals surface area (Å²) in [4.78, 5) is 55.9. The number of rotatable bonds is 16. The SMILES string of the molecule is CO[C@@H]1[C@H](OP(=S)(OCCC#N)OC[C@@H]2CC[C@H](n3cnc4c(NC(=O)c5ccccc5)ncnc43)O2)[C@@H](CO)O[C@H]1n1cnc2c(=O)[nH]c(/N=C/N(C)C)nc21. The lowest BCUT2D eigenvalue weighted by atomic mass is 10.1. The maximum atomic E-state index is 12.8. The summed E-state index contributed by atoms with van der Waals surface area (Å²) in [6.07, 6.45) is 2.07. The second kappa shape index (κ2) is 17.6. The fourth-order valence-corrected chi connectivity index (χ4v) is 8.47. The van der Waals surface area contributed by atoms with E-state index in [0.29, 0.717) is 29.6 Å². The minimum atomic E-state index is -3.67. The molecule has 2 aliphatic heterocycles. The highest BCUT2D eigenvalue weighted by Gasteiger charge is 2.50. The number of benzene rings is 1. The number of H-pyrrole nitrogens is 1. The summed E-state index contributed by atoms with van der Waals surface area (Å²) in [7, 11) is 4.98. The van der Waals surface area contributed by atoms with Gasteiger partial charge in [-0.3, -0.25) is 28.2 Å². The van der Waals surface area contributed by atoms with Crippen LogP contribution in [-0.4, -0.2) is 127 Å². The molecule has 57 heavy (non-hydrogen) atoms. The molecular formula is C34H39N12O9PS. The molecule has 3 N–H and O–H groups in total. The Morgan fingerprint density at radius 1 is 1.12 bits per heavy atom. The Morgan fingerprint density at radius 2 is 1.91 bits per heavy atom. The number of hydrogen-bond acceptors (Lipinski definition) is 17. The highest BCUT2D eigenvalue weighted by Crippen LogP contribution is 2.54. The van der Waals surface area contributed by atoms with Crippen molar-refractivity contribution in [2.75, 3.05) is 46.3 Å². The van der Waals surface area contributed by atoms with Gasteiger partial charge in [-0.25, -0.2) is 24.9 Å². The average Bonchev–Trinajstić information content (AvgIpc) is 4.02. The highest BCUT2D eigenvalue weighted by molar-refractivity contribution is 8.07. The van der Waals surface area contributed by atoms with Gasteiger partial charge in [0, 0.05) is 26.8 Å². The number of aliphatic hydroxyl groups excluding tert-OH is 1. The minimum Gasteiger partial charge on any atom is -0.394 e. The molecule has 1 amide bonds. The van der Waals surface area contributed by atoms with E-state index in [9.17, 15) is 20.0 Å². The molecule has 4 aromatic heterocycles. The molecule has 0 spiro atoms. The van der Waals surface area contributed by atoms with Crippen LogP contribution in [0.2, 0.25) is 0 Å². The Morgan fingerprint density at radius 3 is 2.67 bits per heavy atom. The maximum absolute atomic E-state index is 12.8. The topological polar surface area (TPSA) is 251 Å². The normalized spacial score (nSPS) is 23.3. The summed E-state index contributed by atoms with van der Waals surface area (Å²) in [6.45, 7) is -4.29. The number of aliphatic hydroxyl groups is 1. The highest BCUT2D eigenvalue weighted by atomic mass is 32.5. The van der Waals surface area contributed by atoms with E-state index in [2.05, 4.69) is 40.2 Å². The van der Waals surface area contributed by atoms with E-state index in [1.807, 2.05) is 12.1 Å². The first-order valence-electron chi connectivity index (χ1n) is 17.7. The Kier molecular flexibility index (Phi) is 12.4. The summed E-state index contributed by atoms with van der Waals surface area (Å²) in [5, 5.41) is 22.5. The second-order valence-electron chi connectivity index (χ2n) is 13.1. The van der Waals surface area contributed by atoms with E-state index in [1.54, 1.807) is 54.2 Å². The van der Waals surface area contributed by atoms with E-state index in [-0.39, 0.29) is 48.5 Å². The van der Waals surface area contributed by atoms with Gasteiger partial charge in [-0.1, -0.05) is 18.2 Å². The van der Waals surface area contributed by atoms with Crippen molar-refractivity contribution in [3.63, 3.8) is 0 Å². The molecule has 23 heteroatoms. The third kappa shape index (κ3) is 8.76. The van der Waals surface area contributed by atoms with Crippen molar-refractivity contribution in [2.45, 2.75) is 56.1 Å². The number of aromatic nitrogens is 8. The predicted molar refractivity (Wildman–Crippen MR) is 206 cm³/mol. The Labute approximate surface area is 329 Å². The number of nitrogens with one attached hydrogen (secondary N) is 2. The van der Waals surface area contributed by atoms with Crippen molar-refractivity contribution in [1.82, 2.24) is 43.9 Å². The molecule has 1 aromatic carbocycles. The van der Waals surface area contributed by atoms with Gasteiger partial charge < -0.3 is 38.6 Å². The number of nitrogens with zero attached hydrogens (tertiary/aromatic N) is 10. The van der Waals surface area contributed by atoms with Gasteiger partial charge in [-0.05, 0) is 36.8 Å². The number of hydrogen-bond donors (Lipinski definition) is 3. The Balaban J connectivity index is 1.06.